The topological polar surface area (TPSA) is 45.2 Å². The Balaban J connectivity index is 1.94. The number of hydrazine groups is 1. The summed E-state index contributed by atoms with van der Waals surface area (Å²) in [6, 6.07) is 3.42. The minimum Gasteiger partial charge on any atom is -0.284 e. The number of pyridine rings is 1. The molecule has 0 radical (unpaired) electrons. The normalized spacial score (nSPS) is 16.7. The molecule has 0 bridgehead atoms. The summed E-state index contributed by atoms with van der Waals surface area (Å²) in [5, 5.41) is 1.93. The molecule has 4 heteroatoms. The summed E-state index contributed by atoms with van der Waals surface area (Å²) >= 11 is 0. The average molecular weight is 217 g/mol. The summed E-state index contributed by atoms with van der Waals surface area (Å²) in [5.74, 6) is -0.0737. The molecule has 2 rings (SSSR count). The summed E-state index contributed by atoms with van der Waals surface area (Å²) in [6.45, 7) is 3.77. The fourth-order valence-electron chi connectivity index (χ4n) is 1.58. The third kappa shape index (κ3) is 2.67. The minimum atomic E-state index is -0.0737. The van der Waals surface area contributed by atoms with Crippen LogP contribution < -0.4 is 5.43 Å². The van der Waals surface area contributed by atoms with Crippen LogP contribution in [0.4, 0.5) is 0 Å². The van der Waals surface area contributed by atoms with Crippen LogP contribution in [-0.4, -0.2) is 29.0 Å². The Morgan fingerprint density at radius 1 is 1.44 bits per heavy atom. The maximum atomic E-state index is 11.8. The van der Waals surface area contributed by atoms with Gasteiger partial charge in [0, 0.05) is 31.0 Å². The highest BCUT2D eigenvalue weighted by atomic mass is 16.2. The van der Waals surface area contributed by atoms with E-state index in [1.54, 1.807) is 24.5 Å². The van der Waals surface area contributed by atoms with E-state index in [9.17, 15) is 4.79 Å². The fourth-order valence-corrected chi connectivity index (χ4v) is 1.58. The lowest BCUT2D eigenvalue weighted by Crippen LogP contribution is -2.44. The molecule has 0 atom stereocenters. The van der Waals surface area contributed by atoms with Crippen LogP contribution in [0.5, 0.6) is 0 Å². The molecule has 0 unspecified atom stereocenters. The monoisotopic (exact) mass is 217 g/mol. The Labute approximate surface area is 95.0 Å². The fraction of sp³-hybridized carbons (Fsp3) is 0.333. The Morgan fingerprint density at radius 2 is 2.19 bits per heavy atom. The maximum absolute atomic E-state index is 11.8. The van der Waals surface area contributed by atoms with Gasteiger partial charge in [0.05, 0.1) is 0 Å². The van der Waals surface area contributed by atoms with E-state index < -0.39 is 0 Å². The molecule has 1 aliphatic heterocycles. The highest BCUT2D eigenvalue weighted by Gasteiger charge is 2.12. The molecule has 1 aromatic rings. The van der Waals surface area contributed by atoms with Crippen LogP contribution in [0.1, 0.15) is 23.7 Å². The van der Waals surface area contributed by atoms with E-state index in [1.165, 1.54) is 5.57 Å². The Kier molecular flexibility index (Phi) is 3.31. The van der Waals surface area contributed by atoms with Crippen LogP contribution in [0.3, 0.4) is 0 Å². The van der Waals surface area contributed by atoms with E-state index in [4.69, 9.17) is 0 Å². The molecule has 0 saturated heterocycles. The first-order valence-corrected chi connectivity index (χ1v) is 5.37. The Bertz CT molecular complexity index is 400. The summed E-state index contributed by atoms with van der Waals surface area (Å²) in [6.07, 6.45) is 6.39. The zero-order valence-electron chi connectivity index (χ0n) is 9.31. The molecule has 0 aliphatic carbocycles. The molecule has 0 aromatic carbocycles. The largest absolute Gasteiger partial charge is 0.284 e. The number of hydrogen-bond acceptors (Lipinski definition) is 3. The molecule has 1 N–H and O–H groups in total. The number of nitrogens with zero attached hydrogens (tertiary/aromatic N) is 2. The number of carbonyl (C=O) groups excluding carboxylic acids is 1. The van der Waals surface area contributed by atoms with Gasteiger partial charge in [-0.25, -0.2) is 5.01 Å². The average Bonchev–Trinajstić information content (AvgIpc) is 2.33. The number of nitrogens with one attached hydrogen (secondary N) is 1. The van der Waals surface area contributed by atoms with Gasteiger partial charge in [0.2, 0.25) is 0 Å². The third-order valence-corrected chi connectivity index (χ3v) is 2.64. The molecule has 1 aromatic heterocycles. The molecular formula is C12H15N3O. The van der Waals surface area contributed by atoms with E-state index in [2.05, 4.69) is 23.4 Å². The Hall–Kier alpha value is -1.68. The summed E-state index contributed by atoms with van der Waals surface area (Å²) < 4.78 is 0. The van der Waals surface area contributed by atoms with Crippen molar-refractivity contribution in [2.24, 2.45) is 0 Å². The van der Waals surface area contributed by atoms with Crippen molar-refractivity contribution in [3.63, 3.8) is 0 Å². The van der Waals surface area contributed by atoms with Crippen LogP contribution in [0, 0.1) is 0 Å². The van der Waals surface area contributed by atoms with E-state index in [-0.39, 0.29) is 5.91 Å². The number of hydrogen-bond donors (Lipinski definition) is 1. The van der Waals surface area contributed by atoms with Gasteiger partial charge in [-0.1, -0.05) is 11.6 Å². The van der Waals surface area contributed by atoms with Gasteiger partial charge in [0.15, 0.2) is 0 Å². The standard InChI is InChI=1S/C12H15N3O/c1-10-4-8-15(9-5-10)14-12(16)11-2-6-13-7-3-11/h2-4,6-7H,5,8-9H2,1H3,(H,14,16). The van der Waals surface area contributed by atoms with Crippen molar-refractivity contribution < 1.29 is 4.79 Å². The smallest absolute Gasteiger partial charge is 0.265 e. The number of rotatable bonds is 2. The first kappa shape index (κ1) is 10.8. The zero-order chi connectivity index (χ0) is 11.4. The van der Waals surface area contributed by atoms with Gasteiger partial charge in [0.25, 0.3) is 5.91 Å². The van der Waals surface area contributed by atoms with Crippen molar-refractivity contribution in [1.29, 1.82) is 0 Å². The lowest BCUT2D eigenvalue weighted by Gasteiger charge is -2.25. The minimum absolute atomic E-state index is 0.0737. The molecule has 4 nitrogen and oxygen atoms in total. The van der Waals surface area contributed by atoms with Gasteiger partial charge in [0.1, 0.15) is 0 Å². The predicted octanol–water partition coefficient (Wildman–Crippen LogP) is 1.38. The molecular weight excluding hydrogens is 202 g/mol. The van der Waals surface area contributed by atoms with Crippen LogP contribution in [0.2, 0.25) is 0 Å². The van der Waals surface area contributed by atoms with E-state index >= 15 is 0 Å². The second-order valence-electron chi connectivity index (χ2n) is 3.92. The highest BCUT2D eigenvalue weighted by Crippen LogP contribution is 2.07. The molecule has 1 aliphatic rings. The molecule has 0 spiro atoms. The van der Waals surface area contributed by atoms with Crippen LogP contribution in [0.25, 0.3) is 0 Å². The van der Waals surface area contributed by atoms with Gasteiger partial charge in [-0.05, 0) is 25.5 Å². The molecule has 1 amide bonds. The lowest BCUT2D eigenvalue weighted by molar-refractivity contribution is 0.0802. The van der Waals surface area contributed by atoms with Crippen molar-refractivity contribution in [3.05, 3.63) is 41.7 Å². The molecule has 2 heterocycles. The predicted molar refractivity (Wildman–Crippen MR) is 61.7 cm³/mol. The van der Waals surface area contributed by atoms with Crippen molar-refractivity contribution in [2.75, 3.05) is 13.1 Å². The number of aromatic nitrogens is 1. The SMILES string of the molecule is CC1=CCN(NC(=O)c2ccncc2)CC1. The van der Waals surface area contributed by atoms with Crippen LogP contribution in [-0.2, 0) is 0 Å². The van der Waals surface area contributed by atoms with Crippen LogP contribution >= 0.6 is 0 Å². The molecule has 0 fully saturated rings. The number of amides is 1. The van der Waals surface area contributed by atoms with E-state index in [0.29, 0.717) is 5.56 Å². The zero-order valence-corrected chi connectivity index (χ0v) is 9.31. The van der Waals surface area contributed by atoms with Gasteiger partial charge < -0.3 is 0 Å². The molecule has 0 saturated carbocycles. The van der Waals surface area contributed by atoms with Gasteiger partial charge >= 0.3 is 0 Å². The summed E-state index contributed by atoms with van der Waals surface area (Å²) in [5.41, 5.74) is 4.90. The Morgan fingerprint density at radius 3 is 2.81 bits per heavy atom. The quantitative estimate of drug-likeness (QED) is 0.761. The van der Waals surface area contributed by atoms with E-state index in [1.807, 2.05) is 5.01 Å². The maximum Gasteiger partial charge on any atom is 0.265 e. The van der Waals surface area contributed by atoms with Crippen molar-refractivity contribution >= 4 is 5.91 Å². The first-order valence-electron chi connectivity index (χ1n) is 5.37. The highest BCUT2D eigenvalue weighted by molar-refractivity contribution is 5.93. The van der Waals surface area contributed by atoms with Gasteiger partial charge in [-0.3, -0.25) is 15.2 Å². The lowest BCUT2D eigenvalue weighted by atomic mass is 10.1. The third-order valence-electron chi connectivity index (χ3n) is 2.64. The van der Waals surface area contributed by atoms with Crippen molar-refractivity contribution in [1.82, 2.24) is 15.4 Å². The number of carbonyl (C=O) groups is 1. The van der Waals surface area contributed by atoms with Gasteiger partial charge in [-0.2, -0.15) is 0 Å². The first-order chi connectivity index (χ1) is 7.75. The molecule has 84 valence electrons. The van der Waals surface area contributed by atoms with Crippen molar-refractivity contribution in [2.45, 2.75) is 13.3 Å². The second-order valence-corrected chi connectivity index (χ2v) is 3.92. The van der Waals surface area contributed by atoms with E-state index in [0.717, 1.165) is 19.5 Å². The van der Waals surface area contributed by atoms with Crippen LogP contribution in [0.15, 0.2) is 36.2 Å². The van der Waals surface area contributed by atoms with Gasteiger partial charge in [-0.15, -0.1) is 0 Å². The molecule has 16 heavy (non-hydrogen) atoms. The summed E-state index contributed by atoms with van der Waals surface area (Å²) in [7, 11) is 0. The van der Waals surface area contributed by atoms with Crippen molar-refractivity contribution in [3.8, 4) is 0 Å². The second kappa shape index (κ2) is 4.90. The summed E-state index contributed by atoms with van der Waals surface area (Å²) in [4.78, 5) is 15.7.